The Morgan fingerprint density at radius 1 is 1.14 bits per heavy atom. The van der Waals surface area contributed by atoms with Gasteiger partial charge in [-0.05, 0) is 58.2 Å². The molecular formula is C20H27F3N2O4. The maximum Gasteiger partial charge on any atom is 0.416 e. The lowest BCUT2D eigenvalue weighted by atomic mass is 9.99. The molecule has 0 unspecified atom stereocenters. The minimum atomic E-state index is -4.59. The molecule has 1 fully saturated rings. The van der Waals surface area contributed by atoms with Crippen LogP contribution >= 0.6 is 0 Å². The highest BCUT2D eigenvalue weighted by atomic mass is 19.4. The van der Waals surface area contributed by atoms with Gasteiger partial charge >= 0.3 is 18.2 Å². The van der Waals surface area contributed by atoms with Crippen molar-refractivity contribution in [3.8, 4) is 0 Å². The molecule has 1 aromatic rings. The number of esters is 1. The van der Waals surface area contributed by atoms with Crippen LogP contribution in [0.4, 0.5) is 23.7 Å². The van der Waals surface area contributed by atoms with Crippen LogP contribution in [0.5, 0.6) is 0 Å². The summed E-state index contributed by atoms with van der Waals surface area (Å²) in [5.74, 6) is -0.823. The lowest BCUT2D eigenvalue weighted by molar-refractivity contribution is -0.137. The smallest absolute Gasteiger partial charge is 0.416 e. The normalized spacial score (nSPS) is 15.8. The predicted molar refractivity (Wildman–Crippen MR) is 102 cm³/mol. The fraction of sp³-hybridized carbons (Fsp3) is 0.600. The summed E-state index contributed by atoms with van der Waals surface area (Å²) in [6.45, 7) is 7.78. The Labute approximate surface area is 168 Å². The van der Waals surface area contributed by atoms with E-state index in [0.29, 0.717) is 31.5 Å². The zero-order valence-corrected chi connectivity index (χ0v) is 17.3. The number of likely N-dealkylation sites (tertiary alicyclic amines) is 1. The molecule has 29 heavy (non-hydrogen) atoms. The van der Waals surface area contributed by atoms with E-state index in [9.17, 15) is 22.8 Å². The van der Waals surface area contributed by atoms with Crippen molar-refractivity contribution in [2.24, 2.45) is 0 Å². The molecule has 162 valence electrons. The van der Waals surface area contributed by atoms with Crippen LogP contribution in [0.15, 0.2) is 12.1 Å². The molecule has 0 atom stereocenters. The zero-order chi connectivity index (χ0) is 22.0. The van der Waals surface area contributed by atoms with Crippen molar-refractivity contribution in [2.75, 3.05) is 25.5 Å². The molecule has 0 aromatic heterocycles. The van der Waals surface area contributed by atoms with Crippen LogP contribution in [0, 0.1) is 6.92 Å². The molecule has 0 spiro atoms. The number of alkyl halides is 3. The molecule has 1 saturated heterocycles. The molecule has 1 N–H and O–H groups in total. The molecule has 6 nitrogen and oxygen atoms in total. The number of piperidine rings is 1. The van der Waals surface area contributed by atoms with Crippen LogP contribution in [0.25, 0.3) is 0 Å². The van der Waals surface area contributed by atoms with Crippen LogP contribution in [0.1, 0.15) is 55.1 Å². The van der Waals surface area contributed by atoms with E-state index in [4.69, 9.17) is 4.74 Å². The van der Waals surface area contributed by atoms with Gasteiger partial charge in [-0.15, -0.1) is 0 Å². The first kappa shape index (κ1) is 22.8. The molecule has 2 rings (SSSR count). The number of carbonyl (C=O) groups excluding carboxylic acids is 2. The van der Waals surface area contributed by atoms with Gasteiger partial charge in [0.15, 0.2) is 0 Å². The van der Waals surface area contributed by atoms with Crippen LogP contribution in [-0.4, -0.2) is 48.8 Å². The number of nitrogens with zero attached hydrogens (tertiary/aromatic N) is 1. The molecular weight excluding hydrogens is 389 g/mol. The SMILES string of the molecule is COC(=O)c1cc(C(F)(F)F)cc(NC2CCN(C(=O)OC(C)(C)C)CC2)c1C. The van der Waals surface area contributed by atoms with Gasteiger partial charge in [-0.1, -0.05) is 0 Å². The maximum atomic E-state index is 13.3. The van der Waals surface area contributed by atoms with Crippen molar-refractivity contribution in [1.82, 2.24) is 4.90 Å². The minimum absolute atomic E-state index is 0.129. The third-order valence-corrected chi connectivity index (χ3v) is 4.65. The predicted octanol–water partition coefficient (Wildman–Crippen LogP) is 4.61. The second kappa shape index (κ2) is 8.51. The quantitative estimate of drug-likeness (QED) is 0.729. The summed E-state index contributed by atoms with van der Waals surface area (Å²) in [6.07, 6.45) is -3.91. The number of benzene rings is 1. The molecule has 1 heterocycles. The minimum Gasteiger partial charge on any atom is -0.465 e. The van der Waals surface area contributed by atoms with Crippen LogP contribution in [0.3, 0.4) is 0 Å². The maximum absolute atomic E-state index is 13.3. The number of rotatable bonds is 3. The highest BCUT2D eigenvalue weighted by Gasteiger charge is 2.33. The Morgan fingerprint density at radius 3 is 2.21 bits per heavy atom. The number of methoxy groups -OCH3 is 1. The van der Waals surface area contributed by atoms with Crippen LogP contribution in [0.2, 0.25) is 0 Å². The highest BCUT2D eigenvalue weighted by Crippen LogP contribution is 2.35. The first-order chi connectivity index (χ1) is 13.3. The van der Waals surface area contributed by atoms with Crippen molar-refractivity contribution in [3.05, 3.63) is 28.8 Å². The number of hydrogen-bond acceptors (Lipinski definition) is 5. The van der Waals surface area contributed by atoms with E-state index in [1.165, 1.54) is 0 Å². The summed E-state index contributed by atoms with van der Waals surface area (Å²) in [5, 5.41) is 3.10. The molecule has 0 bridgehead atoms. The first-order valence-corrected chi connectivity index (χ1v) is 9.36. The van der Waals surface area contributed by atoms with Gasteiger partial charge in [0.05, 0.1) is 18.2 Å². The number of ether oxygens (including phenoxy) is 2. The van der Waals surface area contributed by atoms with Gasteiger partial charge in [0.2, 0.25) is 0 Å². The molecule has 1 aromatic carbocycles. The fourth-order valence-electron chi connectivity index (χ4n) is 3.10. The number of hydrogen-bond donors (Lipinski definition) is 1. The summed E-state index contributed by atoms with van der Waals surface area (Å²) < 4.78 is 49.8. The van der Waals surface area contributed by atoms with Crippen LogP contribution in [-0.2, 0) is 15.7 Å². The van der Waals surface area contributed by atoms with Crippen molar-refractivity contribution >= 4 is 17.7 Å². The number of anilines is 1. The molecule has 0 aliphatic carbocycles. The number of amides is 1. The third kappa shape index (κ3) is 6.01. The molecule has 1 aliphatic rings. The topological polar surface area (TPSA) is 67.9 Å². The number of carbonyl (C=O) groups is 2. The fourth-order valence-corrected chi connectivity index (χ4v) is 3.10. The standard InChI is InChI=1S/C20H27F3N2O4/c1-12-15(17(26)28-5)10-13(20(21,22)23)11-16(12)24-14-6-8-25(9-7-14)18(27)29-19(2,3)4/h10-11,14,24H,6-9H2,1-5H3. The molecule has 0 saturated carbocycles. The Hall–Kier alpha value is -2.45. The average molecular weight is 416 g/mol. The molecule has 9 heteroatoms. The van der Waals surface area contributed by atoms with Gasteiger partial charge in [-0.25, -0.2) is 9.59 Å². The summed E-state index contributed by atoms with van der Waals surface area (Å²) in [5.41, 5.74) is -1.02. The molecule has 0 radical (unpaired) electrons. The van der Waals surface area contributed by atoms with E-state index >= 15 is 0 Å². The van der Waals surface area contributed by atoms with E-state index in [1.54, 1.807) is 32.6 Å². The van der Waals surface area contributed by atoms with Crippen molar-refractivity contribution < 1.29 is 32.2 Å². The van der Waals surface area contributed by atoms with Gasteiger partial charge in [-0.3, -0.25) is 0 Å². The second-order valence-electron chi connectivity index (χ2n) is 8.07. The van der Waals surface area contributed by atoms with E-state index in [1.807, 2.05) is 0 Å². The Bertz CT molecular complexity index is 764. The summed E-state index contributed by atoms with van der Waals surface area (Å²) in [6, 6.07) is 1.67. The van der Waals surface area contributed by atoms with E-state index in [0.717, 1.165) is 19.2 Å². The lowest BCUT2D eigenvalue weighted by Crippen LogP contribution is -2.44. The summed E-state index contributed by atoms with van der Waals surface area (Å²) >= 11 is 0. The van der Waals surface area contributed by atoms with Crippen molar-refractivity contribution in [1.29, 1.82) is 0 Å². The Kier molecular flexibility index (Phi) is 6.70. The second-order valence-corrected chi connectivity index (χ2v) is 8.07. The molecule has 1 amide bonds. The van der Waals surface area contributed by atoms with E-state index in [2.05, 4.69) is 10.1 Å². The number of nitrogens with one attached hydrogen (secondary N) is 1. The van der Waals surface area contributed by atoms with Gasteiger partial charge in [0.1, 0.15) is 5.60 Å². The average Bonchev–Trinajstić information content (AvgIpc) is 2.61. The largest absolute Gasteiger partial charge is 0.465 e. The lowest BCUT2D eigenvalue weighted by Gasteiger charge is -2.34. The summed E-state index contributed by atoms with van der Waals surface area (Å²) in [7, 11) is 1.13. The monoisotopic (exact) mass is 416 g/mol. The zero-order valence-electron chi connectivity index (χ0n) is 17.3. The summed E-state index contributed by atoms with van der Waals surface area (Å²) in [4.78, 5) is 25.6. The third-order valence-electron chi connectivity index (χ3n) is 4.65. The van der Waals surface area contributed by atoms with Gasteiger partial charge < -0.3 is 19.7 Å². The van der Waals surface area contributed by atoms with E-state index in [-0.39, 0.29) is 17.3 Å². The van der Waals surface area contributed by atoms with Gasteiger partial charge in [0.25, 0.3) is 0 Å². The van der Waals surface area contributed by atoms with Crippen molar-refractivity contribution in [2.45, 2.75) is 58.4 Å². The first-order valence-electron chi connectivity index (χ1n) is 9.36. The highest BCUT2D eigenvalue weighted by molar-refractivity contribution is 5.93. The van der Waals surface area contributed by atoms with Gasteiger partial charge in [0, 0.05) is 24.8 Å². The van der Waals surface area contributed by atoms with Crippen LogP contribution < -0.4 is 5.32 Å². The molecule has 1 aliphatic heterocycles. The Balaban J connectivity index is 2.14. The Morgan fingerprint density at radius 2 is 1.72 bits per heavy atom. The number of halogens is 3. The van der Waals surface area contributed by atoms with E-state index < -0.39 is 29.4 Å². The van der Waals surface area contributed by atoms with Gasteiger partial charge in [-0.2, -0.15) is 13.2 Å². The van der Waals surface area contributed by atoms with Crippen molar-refractivity contribution in [3.63, 3.8) is 0 Å².